The molecule has 3 aliphatic rings. The molecule has 0 radical (unpaired) electrons. The zero-order chi connectivity index (χ0) is 15.9. The van der Waals surface area contributed by atoms with E-state index in [4.69, 9.17) is 4.74 Å². The second kappa shape index (κ2) is 5.64. The molecule has 5 heteroatoms. The number of nitrogens with zero attached hydrogens (tertiary/aromatic N) is 1. The smallest absolute Gasteiger partial charge is 0.325 e. The van der Waals surface area contributed by atoms with Crippen LogP contribution in [0, 0.1) is 0 Å². The summed E-state index contributed by atoms with van der Waals surface area (Å²) in [5.41, 5.74) is 2.71. The molecule has 2 fully saturated rings. The Labute approximate surface area is 136 Å². The van der Waals surface area contributed by atoms with Crippen LogP contribution in [0.15, 0.2) is 18.2 Å². The minimum absolute atomic E-state index is 0.0406. The fourth-order valence-electron chi connectivity index (χ4n) is 4.00. The number of fused-ring (bicyclic) bond motifs is 1. The van der Waals surface area contributed by atoms with Crippen molar-refractivity contribution >= 4 is 11.9 Å². The lowest BCUT2D eigenvalue weighted by Gasteiger charge is -2.24. The molecule has 122 valence electrons. The number of carbonyl (C=O) groups is 2. The molecule has 1 aliphatic carbocycles. The Morgan fingerprint density at radius 1 is 1.04 bits per heavy atom. The number of carbonyl (C=O) groups excluding carboxylic acids is 2. The lowest BCUT2D eigenvalue weighted by Crippen LogP contribution is -2.46. The van der Waals surface area contributed by atoms with Crippen molar-refractivity contribution in [3.63, 3.8) is 0 Å². The first-order valence-electron chi connectivity index (χ1n) is 8.50. The highest BCUT2D eigenvalue weighted by Gasteiger charge is 2.50. The number of ether oxygens (including phenoxy) is 1. The van der Waals surface area contributed by atoms with E-state index < -0.39 is 5.54 Å². The van der Waals surface area contributed by atoms with E-state index in [1.54, 1.807) is 0 Å². The molecule has 1 N–H and O–H groups in total. The predicted octanol–water partition coefficient (Wildman–Crippen LogP) is 2.86. The van der Waals surface area contributed by atoms with E-state index in [9.17, 15) is 9.59 Å². The molecule has 1 aromatic carbocycles. The molecule has 1 aromatic rings. The summed E-state index contributed by atoms with van der Waals surface area (Å²) >= 11 is 0. The Bertz CT molecular complexity index is 648. The van der Waals surface area contributed by atoms with Gasteiger partial charge in [0, 0.05) is 0 Å². The van der Waals surface area contributed by atoms with Gasteiger partial charge in [0.25, 0.3) is 5.91 Å². The number of nitrogens with one attached hydrogen (secondary N) is 1. The molecule has 0 aromatic heterocycles. The van der Waals surface area contributed by atoms with Gasteiger partial charge in [-0.25, -0.2) is 4.79 Å². The number of hydrogen-bond acceptors (Lipinski definition) is 3. The maximum atomic E-state index is 12.9. The van der Waals surface area contributed by atoms with E-state index in [-0.39, 0.29) is 11.9 Å². The number of benzene rings is 1. The number of urea groups is 1. The normalized spacial score (nSPS) is 23.0. The first kappa shape index (κ1) is 14.7. The van der Waals surface area contributed by atoms with E-state index in [1.165, 1.54) is 16.0 Å². The summed E-state index contributed by atoms with van der Waals surface area (Å²) in [6, 6.07) is 5.85. The van der Waals surface area contributed by atoms with Gasteiger partial charge in [0.2, 0.25) is 0 Å². The number of amides is 3. The van der Waals surface area contributed by atoms with E-state index in [0.29, 0.717) is 19.8 Å². The van der Waals surface area contributed by atoms with Crippen molar-refractivity contribution in [1.29, 1.82) is 0 Å². The molecule has 0 bridgehead atoms. The standard InChI is InChI=1S/C18H22N2O3/c21-16-18(7-3-1-2-4-8-18)19-17(22)20(16)10-13-5-6-14-11-23-12-15(14)9-13/h5-6,9H,1-4,7-8,10-12H2,(H,19,22). The van der Waals surface area contributed by atoms with Crippen LogP contribution in [0.3, 0.4) is 0 Å². The van der Waals surface area contributed by atoms with Gasteiger partial charge in [-0.1, -0.05) is 43.9 Å². The van der Waals surface area contributed by atoms with E-state index in [0.717, 1.165) is 44.1 Å². The largest absolute Gasteiger partial charge is 0.372 e. The molecule has 1 saturated heterocycles. The lowest BCUT2D eigenvalue weighted by molar-refractivity contribution is -0.132. The van der Waals surface area contributed by atoms with Crippen LogP contribution in [0.25, 0.3) is 0 Å². The van der Waals surface area contributed by atoms with Gasteiger partial charge in [-0.2, -0.15) is 0 Å². The number of imide groups is 1. The average Bonchev–Trinajstić information content (AvgIpc) is 2.99. The minimum atomic E-state index is -0.645. The van der Waals surface area contributed by atoms with E-state index in [1.807, 2.05) is 12.1 Å². The summed E-state index contributed by atoms with van der Waals surface area (Å²) in [6.45, 7) is 1.62. The Morgan fingerprint density at radius 3 is 2.57 bits per heavy atom. The topological polar surface area (TPSA) is 58.6 Å². The highest BCUT2D eigenvalue weighted by atomic mass is 16.5. The molecular formula is C18H22N2O3. The van der Waals surface area contributed by atoms with Gasteiger partial charge in [0.05, 0.1) is 19.8 Å². The average molecular weight is 314 g/mol. The molecule has 1 saturated carbocycles. The predicted molar refractivity (Wildman–Crippen MR) is 84.4 cm³/mol. The summed E-state index contributed by atoms with van der Waals surface area (Å²) in [5.74, 6) is -0.0406. The van der Waals surface area contributed by atoms with Crippen LogP contribution in [-0.2, 0) is 29.3 Å². The molecule has 2 aliphatic heterocycles. The van der Waals surface area contributed by atoms with Crippen LogP contribution >= 0.6 is 0 Å². The summed E-state index contributed by atoms with van der Waals surface area (Å²) in [7, 11) is 0. The molecule has 5 nitrogen and oxygen atoms in total. The van der Waals surface area contributed by atoms with E-state index >= 15 is 0 Å². The third kappa shape index (κ3) is 2.53. The van der Waals surface area contributed by atoms with Crippen molar-refractivity contribution < 1.29 is 14.3 Å². The van der Waals surface area contributed by atoms with Crippen LogP contribution in [0.4, 0.5) is 4.79 Å². The fraction of sp³-hybridized carbons (Fsp3) is 0.556. The van der Waals surface area contributed by atoms with Crippen molar-refractivity contribution in [3.05, 3.63) is 34.9 Å². The molecule has 4 rings (SSSR count). The van der Waals surface area contributed by atoms with Gasteiger partial charge in [-0.05, 0) is 29.5 Å². The summed E-state index contributed by atoms with van der Waals surface area (Å²) in [6.07, 6.45) is 5.86. The van der Waals surface area contributed by atoms with Crippen molar-refractivity contribution in [1.82, 2.24) is 10.2 Å². The van der Waals surface area contributed by atoms with Crippen LogP contribution < -0.4 is 5.32 Å². The molecule has 3 amide bonds. The number of hydrogen-bond donors (Lipinski definition) is 1. The van der Waals surface area contributed by atoms with Gasteiger partial charge in [-0.3, -0.25) is 9.69 Å². The summed E-state index contributed by atoms with van der Waals surface area (Å²) in [5, 5.41) is 2.99. The molecular weight excluding hydrogens is 292 g/mol. The van der Waals surface area contributed by atoms with E-state index in [2.05, 4.69) is 11.4 Å². The zero-order valence-corrected chi connectivity index (χ0v) is 13.3. The Hall–Kier alpha value is -1.88. The maximum absolute atomic E-state index is 12.9. The maximum Gasteiger partial charge on any atom is 0.325 e. The first-order chi connectivity index (χ1) is 11.2. The van der Waals surface area contributed by atoms with Gasteiger partial charge < -0.3 is 10.1 Å². The number of rotatable bonds is 2. The van der Waals surface area contributed by atoms with Crippen LogP contribution in [0.5, 0.6) is 0 Å². The van der Waals surface area contributed by atoms with Crippen molar-refractivity contribution in [2.45, 2.75) is 63.8 Å². The van der Waals surface area contributed by atoms with Gasteiger partial charge >= 0.3 is 6.03 Å². The second-order valence-electron chi connectivity index (χ2n) is 6.91. The molecule has 0 unspecified atom stereocenters. The summed E-state index contributed by atoms with van der Waals surface area (Å²) in [4.78, 5) is 26.7. The quantitative estimate of drug-likeness (QED) is 0.854. The summed E-state index contributed by atoms with van der Waals surface area (Å²) < 4.78 is 5.43. The van der Waals surface area contributed by atoms with Crippen LogP contribution in [0.2, 0.25) is 0 Å². The minimum Gasteiger partial charge on any atom is -0.372 e. The third-order valence-electron chi connectivity index (χ3n) is 5.33. The second-order valence-corrected chi connectivity index (χ2v) is 6.91. The van der Waals surface area contributed by atoms with Gasteiger partial charge in [0.15, 0.2) is 0 Å². The lowest BCUT2D eigenvalue weighted by atomic mass is 9.90. The van der Waals surface area contributed by atoms with Crippen LogP contribution in [0.1, 0.15) is 55.2 Å². The highest BCUT2D eigenvalue weighted by Crippen LogP contribution is 2.33. The third-order valence-corrected chi connectivity index (χ3v) is 5.33. The van der Waals surface area contributed by atoms with Crippen molar-refractivity contribution in [3.8, 4) is 0 Å². The van der Waals surface area contributed by atoms with Gasteiger partial charge in [-0.15, -0.1) is 0 Å². The Balaban J connectivity index is 1.55. The molecule has 1 spiro atoms. The fourth-order valence-corrected chi connectivity index (χ4v) is 4.00. The SMILES string of the molecule is O=C1NC2(CCCCCC2)C(=O)N1Cc1ccc2c(c1)COC2. The first-order valence-corrected chi connectivity index (χ1v) is 8.50. The molecule has 2 heterocycles. The monoisotopic (exact) mass is 314 g/mol. The molecule has 0 atom stereocenters. The van der Waals surface area contributed by atoms with Crippen LogP contribution in [-0.4, -0.2) is 22.4 Å². The van der Waals surface area contributed by atoms with Crippen molar-refractivity contribution in [2.24, 2.45) is 0 Å². The Kier molecular flexibility index (Phi) is 3.60. The Morgan fingerprint density at radius 2 is 1.78 bits per heavy atom. The van der Waals surface area contributed by atoms with Crippen molar-refractivity contribution in [2.75, 3.05) is 0 Å². The highest BCUT2D eigenvalue weighted by molar-refractivity contribution is 6.07. The van der Waals surface area contributed by atoms with Gasteiger partial charge in [0.1, 0.15) is 5.54 Å². The molecule has 23 heavy (non-hydrogen) atoms. The zero-order valence-electron chi connectivity index (χ0n) is 13.3.